The van der Waals surface area contributed by atoms with Crippen LogP contribution in [0.25, 0.3) is 0 Å². The monoisotopic (exact) mass is 361 g/mol. The van der Waals surface area contributed by atoms with Crippen molar-refractivity contribution in [1.82, 2.24) is 14.5 Å². The highest BCUT2D eigenvalue weighted by molar-refractivity contribution is 5.76. The summed E-state index contributed by atoms with van der Waals surface area (Å²) in [6.07, 6.45) is 1.31. The molecule has 0 atom stereocenters. The van der Waals surface area contributed by atoms with Crippen LogP contribution >= 0.6 is 0 Å². The molecule has 140 valence electrons. The van der Waals surface area contributed by atoms with Gasteiger partial charge in [0.05, 0.1) is 13.7 Å². The van der Waals surface area contributed by atoms with Crippen LogP contribution in [0.2, 0.25) is 0 Å². The molecule has 2 rings (SSSR count). The number of aromatic nitrogens is 2. The molecule has 1 aromatic carbocycles. The number of carbonyl (C=O) groups excluding carboxylic acids is 1. The second-order valence-electron chi connectivity index (χ2n) is 5.56. The van der Waals surface area contributed by atoms with Crippen molar-refractivity contribution in [2.75, 3.05) is 20.3 Å². The Labute approximate surface area is 151 Å². The third kappa shape index (κ3) is 4.75. The van der Waals surface area contributed by atoms with Crippen LogP contribution in [0.3, 0.4) is 0 Å². The Morgan fingerprint density at radius 1 is 1.19 bits per heavy atom. The van der Waals surface area contributed by atoms with Crippen LogP contribution < -0.4 is 20.7 Å². The van der Waals surface area contributed by atoms with E-state index in [2.05, 4.69) is 4.98 Å². The highest BCUT2D eigenvalue weighted by atomic mass is 16.5. The predicted molar refractivity (Wildman–Crippen MR) is 96.6 cm³/mol. The second-order valence-corrected chi connectivity index (χ2v) is 5.56. The Morgan fingerprint density at radius 2 is 1.96 bits per heavy atom. The highest BCUT2D eigenvalue weighted by Crippen LogP contribution is 2.28. The van der Waals surface area contributed by atoms with Gasteiger partial charge in [-0.25, -0.2) is 4.79 Å². The average molecular weight is 361 g/mol. The molecule has 8 heteroatoms. The number of benzene rings is 1. The standard InChI is InChI=1S/C18H23N3O5/c1-4-20(17(23)12-21-9-8-16(22)19-18(21)24)11-13-6-7-14(26-5-2)15(10-13)25-3/h6-10H,4-5,11-12H2,1-3H3,(H,19,22,24). The van der Waals surface area contributed by atoms with E-state index < -0.39 is 11.2 Å². The maximum Gasteiger partial charge on any atom is 0.328 e. The number of ether oxygens (including phenoxy) is 2. The molecular weight excluding hydrogens is 338 g/mol. The maximum absolute atomic E-state index is 12.5. The zero-order valence-corrected chi connectivity index (χ0v) is 15.2. The lowest BCUT2D eigenvalue weighted by Crippen LogP contribution is -2.37. The molecule has 0 bridgehead atoms. The van der Waals surface area contributed by atoms with E-state index in [9.17, 15) is 14.4 Å². The normalized spacial score (nSPS) is 10.4. The third-order valence-electron chi connectivity index (χ3n) is 3.84. The van der Waals surface area contributed by atoms with E-state index in [0.29, 0.717) is 31.2 Å². The number of likely N-dealkylation sites (N-methyl/N-ethyl adjacent to an activating group) is 1. The fraction of sp³-hybridized carbons (Fsp3) is 0.389. The Morgan fingerprint density at radius 3 is 2.58 bits per heavy atom. The van der Waals surface area contributed by atoms with Gasteiger partial charge in [0.15, 0.2) is 11.5 Å². The third-order valence-corrected chi connectivity index (χ3v) is 3.84. The van der Waals surface area contributed by atoms with E-state index in [1.165, 1.54) is 16.8 Å². The van der Waals surface area contributed by atoms with Crippen LogP contribution in [0, 0.1) is 0 Å². The molecule has 0 fully saturated rings. The highest BCUT2D eigenvalue weighted by Gasteiger charge is 2.15. The largest absolute Gasteiger partial charge is 0.493 e. The first-order chi connectivity index (χ1) is 12.5. The zero-order valence-electron chi connectivity index (χ0n) is 15.2. The number of hydrogen-bond donors (Lipinski definition) is 1. The van der Waals surface area contributed by atoms with Crippen LogP contribution in [0.4, 0.5) is 0 Å². The number of nitrogens with one attached hydrogen (secondary N) is 1. The quantitative estimate of drug-likeness (QED) is 0.757. The number of methoxy groups -OCH3 is 1. The number of H-pyrrole nitrogens is 1. The molecule has 1 aromatic heterocycles. The van der Waals surface area contributed by atoms with Crippen LogP contribution in [-0.4, -0.2) is 40.6 Å². The van der Waals surface area contributed by atoms with Crippen molar-refractivity contribution in [2.24, 2.45) is 0 Å². The Kier molecular flexibility index (Phi) is 6.60. The number of nitrogens with zero attached hydrogens (tertiary/aromatic N) is 2. The summed E-state index contributed by atoms with van der Waals surface area (Å²) in [7, 11) is 1.56. The molecule has 1 N–H and O–H groups in total. The van der Waals surface area contributed by atoms with Gasteiger partial charge in [-0.3, -0.25) is 19.1 Å². The van der Waals surface area contributed by atoms with Gasteiger partial charge in [0.25, 0.3) is 5.56 Å². The first kappa shape index (κ1) is 19.3. The Bertz CT molecular complexity index is 872. The first-order valence-electron chi connectivity index (χ1n) is 8.35. The smallest absolute Gasteiger partial charge is 0.328 e. The summed E-state index contributed by atoms with van der Waals surface area (Å²) in [5, 5.41) is 0. The molecule has 0 aliphatic rings. The number of amides is 1. The minimum Gasteiger partial charge on any atom is -0.493 e. The second kappa shape index (κ2) is 8.89. The molecule has 0 saturated heterocycles. The summed E-state index contributed by atoms with van der Waals surface area (Å²) in [6, 6.07) is 6.72. The van der Waals surface area contributed by atoms with E-state index in [1.54, 1.807) is 12.0 Å². The number of hydrogen-bond acceptors (Lipinski definition) is 5. The van der Waals surface area contributed by atoms with Gasteiger partial charge in [-0.15, -0.1) is 0 Å². The van der Waals surface area contributed by atoms with Gasteiger partial charge in [0.1, 0.15) is 6.54 Å². The molecule has 0 radical (unpaired) electrons. The zero-order chi connectivity index (χ0) is 19.1. The molecule has 0 unspecified atom stereocenters. The molecule has 0 aliphatic heterocycles. The summed E-state index contributed by atoms with van der Waals surface area (Å²) in [5.74, 6) is 1.02. The average Bonchev–Trinajstić information content (AvgIpc) is 2.63. The molecule has 0 spiro atoms. The van der Waals surface area contributed by atoms with E-state index in [0.717, 1.165) is 5.56 Å². The topological polar surface area (TPSA) is 93.6 Å². The van der Waals surface area contributed by atoms with Crippen LogP contribution in [0.15, 0.2) is 40.1 Å². The molecule has 8 nitrogen and oxygen atoms in total. The predicted octanol–water partition coefficient (Wildman–Crippen LogP) is 0.993. The van der Waals surface area contributed by atoms with E-state index in [-0.39, 0.29) is 12.5 Å². The van der Waals surface area contributed by atoms with Crippen molar-refractivity contribution in [3.05, 3.63) is 56.9 Å². The van der Waals surface area contributed by atoms with Crippen molar-refractivity contribution in [2.45, 2.75) is 26.9 Å². The van der Waals surface area contributed by atoms with Gasteiger partial charge in [-0.2, -0.15) is 0 Å². The maximum atomic E-state index is 12.5. The van der Waals surface area contributed by atoms with Gasteiger partial charge < -0.3 is 14.4 Å². The lowest BCUT2D eigenvalue weighted by atomic mass is 10.2. The molecular formula is C18H23N3O5. The molecule has 2 aromatic rings. The molecule has 1 heterocycles. The number of rotatable bonds is 8. The van der Waals surface area contributed by atoms with E-state index in [4.69, 9.17) is 9.47 Å². The van der Waals surface area contributed by atoms with Crippen molar-refractivity contribution >= 4 is 5.91 Å². The Balaban J connectivity index is 2.14. The first-order valence-corrected chi connectivity index (χ1v) is 8.35. The van der Waals surface area contributed by atoms with Crippen LogP contribution in [0.1, 0.15) is 19.4 Å². The van der Waals surface area contributed by atoms with E-state index >= 15 is 0 Å². The number of carbonyl (C=O) groups is 1. The fourth-order valence-corrected chi connectivity index (χ4v) is 2.50. The van der Waals surface area contributed by atoms with Gasteiger partial charge in [-0.05, 0) is 31.5 Å². The van der Waals surface area contributed by atoms with E-state index in [1.807, 2.05) is 32.0 Å². The lowest BCUT2D eigenvalue weighted by molar-refractivity contribution is -0.132. The summed E-state index contributed by atoms with van der Waals surface area (Å²) in [6.45, 7) is 4.99. The van der Waals surface area contributed by atoms with Crippen molar-refractivity contribution in [3.63, 3.8) is 0 Å². The molecule has 0 aliphatic carbocycles. The summed E-state index contributed by atoms with van der Waals surface area (Å²) in [5.41, 5.74) is -0.216. The number of aromatic amines is 1. The fourth-order valence-electron chi connectivity index (χ4n) is 2.50. The lowest BCUT2D eigenvalue weighted by Gasteiger charge is -2.22. The van der Waals surface area contributed by atoms with Gasteiger partial charge in [0, 0.05) is 25.4 Å². The summed E-state index contributed by atoms with van der Waals surface area (Å²) < 4.78 is 12.0. The molecule has 0 saturated carbocycles. The van der Waals surface area contributed by atoms with Crippen molar-refractivity contribution < 1.29 is 14.3 Å². The summed E-state index contributed by atoms with van der Waals surface area (Å²) >= 11 is 0. The van der Waals surface area contributed by atoms with Gasteiger partial charge in [-0.1, -0.05) is 6.07 Å². The van der Waals surface area contributed by atoms with Gasteiger partial charge in [0.2, 0.25) is 5.91 Å². The van der Waals surface area contributed by atoms with Crippen molar-refractivity contribution in [3.8, 4) is 11.5 Å². The Hall–Kier alpha value is -3.03. The minimum atomic E-state index is -0.607. The van der Waals surface area contributed by atoms with Crippen LogP contribution in [-0.2, 0) is 17.9 Å². The SMILES string of the molecule is CCOc1ccc(CN(CC)C(=O)Cn2ccc(=O)[nH]c2=O)cc1OC. The van der Waals surface area contributed by atoms with Crippen molar-refractivity contribution in [1.29, 1.82) is 0 Å². The van der Waals surface area contributed by atoms with Gasteiger partial charge >= 0.3 is 5.69 Å². The molecule has 1 amide bonds. The summed E-state index contributed by atoms with van der Waals surface area (Å²) in [4.78, 5) is 39.1. The van der Waals surface area contributed by atoms with Crippen LogP contribution in [0.5, 0.6) is 11.5 Å². The molecule has 26 heavy (non-hydrogen) atoms. The minimum absolute atomic E-state index is 0.141.